The first-order valence-corrected chi connectivity index (χ1v) is 5.36. The van der Waals surface area contributed by atoms with Gasteiger partial charge in [0.2, 0.25) is 0 Å². The minimum atomic E-state index is -1.84. The van der Waals surface area contributed by atoms with E-state index in [1.165, 1.54) is 6.66 Å². The van der Waals surface area contributed by atoms with E-state index in [4.69, 9.17) is 45.0 Å². The van der Waals surface area contributed by atoms with Gasteiger partial charge >= 0.3 is 7.80 Å². The van der Waals surface area contributed by atoms with Crippen molar-refractivity contribution in [2.24, 2.45) is 0 Å². The Hall–Kier alpha value is 0.850. The molecule has 0 heterocycles. The van der Waals surface area contributed by atoms with Crippen molar-refractivity contribution < 1.29 is 20.3 Å². The van der Waals surface area contributed by atoms with E-state index in [-0.39, 0.29) is 5.48 Å². The number of rotatable bonds is 1. The Bertz CT molecular complexity index is 126. The maximum Gasteiger partial charge on any atom is 0.371 e. The maximum absolute atomic E-state index is 10.4. The van der Waals surface area contributed by atoms with Crippen molar-refractivity contribution >= 4 is 42.6 Å². The molecule has 0 aliphatic rings. The quantitative estimate of drug-likeness (QED) is 0.542. The summed E-state index contributed by atoms with van der Waals surface area (Å²) < 4.78 is 8.60. The van der Waals surface area contributed by atoms with Gasteiger partial charge in [0.15, 0.2) is 0 Å². The maximum atomic E-state index is 10.4. The Labute approximate surface area is 86.5 Å². The molecule has 0 saturated carbocycles. The van der Waals surface area contributed by atoms with Crippen LogP contribution in [0.1, 0.15) is 0 Å². The molecule has 0 bridgehead atoms. The highest BCUT2D eigenvalue weighted by molar-refractivity contribution is 7.45. The third-order valence-electron chi connectivity index (χ3n) is 0.637. The highest BCUT2D eigenvalue weighted by atomic mass is 35.6. The van der Waals surface area contributed by atoms with Crippen LogP contribution in [0.15, 0.2) is 0 Å². The molecule has 0 radical (unpaired) electrons. The van der Waals surface area contributed by atoms with Gasteiger partial charge in [0.1, 0.15) is 6.66 Å². The average Bonchev–Trinajstić information content (AvgIpc) is 1.89. The van der Waals surface area contributed by atoms with E-state index in [1.54, 1.807) is 0 Å². The van der Waals surface area contributed by atoms with Gasteiger partial charge in [-0.1, -0.05) is 39.4 Å². The van der Waals surface area contributed by atoms with Crippen LogP contribution in [-0.4, -0.2) is 39.1 Å². The third-order valence-corrected chi connectivity index (χ3v) is 2.79. The summed E-state index contributed by atoms with van der Waals surface area (Å²) in [4.78, 5) is 0. The van der Waals surface area contributed by atoms with Crippen LogP contribution in [0, 0.1) is 0 Å². The lowest BCUT2D eigenvalue weighted by Gasteiger charge is -2.07. The molecule has 4 N–H and O–H groups in total. The van der Waals surface area contributed by atoms with Crippen molar-refractivity contribution in [1.29, 1.82) is 0 Å². The molecule has 2 atom stereocenters. The molecule has 8 heteroatoms. The van der Waals surface area contributed by atoms with Crippen LogP contribution >= 0.6 is 42.6 Å². The monoisotopic (exact) mass is 259 g/mol. The molecule has 0 spiro atoms. The van der Waals surface area contributed by atoms with Crippen molar-refractivity contribution in [3.05, 3.63) is 0 Å². The smallest absolute Gasteiger partial charge is 0.371 e. The van der Waals surface area contributed by atoms with Gasteiger partial charge in [0.25, 0.3) is 9.64 Å². The fourth-order valence-corrected chi connectivity index (χ4v) is 1.86. The van der Waals surface area contributed by atoms with E-state index >= 15 is 0 Å². The zero-order chi connectivity index (χ0) is 9.65. The highest BCUT2D eigenvalue weighted by Crippen LogP contribution is 2.40. The number of hydrogen-bond acceptors (Lipinski definition) is 3. The predicted octanol–water partition coefficient (Wildman–Crippen LogP) is 0.916. The fourth-order valence-electron chi connectivity index (χ4n) is 0.206. The second-order valence-corrected chi connectivity index (χ2v) is 5.41. The summed E-state index contributed by atoms with van der Waals surface area (Å²) in [6, 6.07) is 0. The summed E-state index contributed by atoms with van der Waals surface area (Å²) in [5.41, 5.74) is 0. The number of halogens is 3. The van der Waals surface area contributed by atoms with Gasteiger partial charge in [0.05, 0.1) is 0 Å². The van der Waals surface area contributed by atoms with E-state index in [1.807, 2.05) is 0 Å². The summed E-state index contributed by atoms with van der Waals surface area (Å²) in [5.74, 6) is -1.38. The lowest BCUT2D eigenvalue weighted by Crippen LogP contribution is -2.20. The molecule has 0 aliphatic heterocycles. The standard InChI is InChI=1S/C3H5Cl3O2P.CH4O.H2O/c1-9(8)2(7)3(4,5)6;1-2;/h2,7H,1H3;2H,1H3;1H2/q+1;;. The molecule has 76 valence electrons. The van der Waals surface area contributed by atoms with Crippen LogP contribution in [0.5, 0.6) is 0 Å². The van der Waals surface area contributed by atoms with E-state index in [0.29, 0.717) is 0 Å². The van der Waals surface area contributed by atoms with E-state index < -0.39 is 17.4 Å². The molecule has 12 heavy (non-hydrogen) atoms. The lowest BCUT2D eigenvalue weighted by molar-refractivity contribution is 0.257. The molecule has 0 aliphatic carbocycles. The molecule has 0 aromatic carbocycles. The van der Waals surface area contributed by atoms with Gasteiger partial charge in [-0.05, 0) is 0 Å². The van der Waals surface area contributed by atoms with Crippen LogP contribution < -0.4 is 0 Å². The zero-order valence-electron chi connectivity index (χ0n) is 6.46. The van der Waals surface area contributed by atoms with Gasteiger partial charge in [-0.3, -0.25) is 0 Å². The summed E-state index contributed by atoms with van der Waals surface area (Å²) in [6.07, 6.45) is 0. The van der Waals surface area contributed by atoms with Crippen LogP contribution in [-0.2, 0) is 4.57 Å². The fraction of sp³-hybridized carbons (Fsp3) is 1.00. The van der Waals surface area contributed by atoms with Gasteiger partial charge in [-0.15, -0.1) is 0 Å². The Morgan fingerprint density at radius 3 is 1.58 bits per heavy atom. The Morgan fingerprint density at radius 1 is 1.33 bits per heavy atom. The number of aliphatic hydroxyl groups is 2. The molecule has 2 unspecified atom stereocenters. The van der Waals surface area contributed by atoms with Crippen LogP contribution in [0.25, 0.3) is 0 Å². The molecule has 0 rings (SSSR count). The second kappa shape index (κ2) is 8.45. The second-order valence-electron chi connectivity index (χ2n) is 1.46. The largest absolute Gasteiger partial charge is 0.412 e. The normalized spacial score (nSPS) is 13.4. The Morgan fingerprint density at radius 2 is 1.58 bits per heavy atom. The minimum Gasteiger partial charge on any atom is -0.412 e. The first-order valence-electron chi connectivity index (χ1n) is 2.45. The Kier molecular flexibility index (Phi) is 13.1. The molecule has 0 saturated heterocycles. The first kappa shape index (κ1) is 18.6. The molecule has 0 aromatic heterocycles. The average molecular weight is 260 g/mol. The van der Waals surface area contributed by atoms with Gasteiger partial charge in [-0.2, -0.15) is 0 Å². The predicted molar refractivity (Wildman–Crippen MR) is 51.6 cm³/mol. The molecule has 4 nitrogen and oxygen atoms in total. The van der Waals surface area contributed by atoms with Crippen molar-refractivity contribution in [1.82, 2.24) is 0 Å². The van der Waals surface area contributed by atoms with Crippen molar-refractivity contribution in [3.8, 4) is 0 Å². The van der Waals surface area contributed by atoms with Crippen molar-refractivity contribution in [3.63, 3.8) is 0 Å². The van der Waals surface area contributed by atoms with E-state index in [0.717, 1.165) is 7.11 Å². The lowest BCUT2D eigenvalue weighted by atomic mass is 10.8. The number of aliphatic hydroxyl groups excluding tert-OH is 2. The van der Waals surface area contributed by atoms with Crippen molar-refractivity contribution in [2.45, 2.75) is 9.64 Å². The molecule has 0 fully saturated rings. The molecular weight excluding hydrogens is 249 g/mol. The topological polar surface area (TPSA) is 89.0 Å². The Balaban J connectivity index is -0.000000249. The zero-order valence-corrected chi connectivity index (χ0v) is 9.62. The molecular formula is C4H11Cl3O4P+. The van der Waals surface area contributed by atoms with E-state index in [9.17, 15) is 4.57 Å². The highest BCUT2D eigenvalue weighted by Gasteiger charge is 2.42. The van der Waals surface area contributed by atoms with Gasteiger partial charge in [0, 0.05) is 7.11 Å². The summed E-state index contributed by atoms with van der Waals surface area (Å²) >= 11 is 15.5. The van der Waals surface area contributed by atoms with Gasteiger partial charge < -0.3 is 15.7 Å². The first-order chi connectivity index (χ1) is 4.85. The summed E-state index contributed by atoms with van der Waals surface area (Å²) in [5, 5.41) is 15.8. The number of alkyl halides is 3. The number of hydrogen-bond donors (Lipinski definition) is 2. The summed E-state index contributed by atoms with van der Waals surface area (Å²) in [6.45, 7) is 1.29. The van der Waals surface area contributed by atoms with Crippen LogP contribution in [0.3, 0.4) is 0 Å². The minimum absolute atomic E-state index is 0. The molecule has 0 amide bonds. The third kappa shape index (κ3) is 8.94. The van der Waals surface area contributed by atoms with Crippen LogP contribution in [0.2, 0.25) is 0 Å². The SMILES string of the molecule is CO.C[P+](=O)C(O)C(Cl)(Cl)Cl.O. The van der Waals surface area contributed by atoms with Crippen molar-refractivity contribution in [2.75, 3.05) is 13.8 Å². The van der Waals surface area contributed by atoms with Gasteiger partial charge in [-0.25, -0.2) is 0 Å². The van der Waals surface area contributed by atoms with Crippen LogP contribution in [0.4, 0.5) is 0 Å². The summed E-state index contributed by atoms with van der Waals surface area (Å²) in [7, 11) is -0.840. The van der Waals surface area contributed by atoms with E-state index in [2.05, 4.69) is 0 Å². The molecule has 0 aromatic rings.